The van der Waals surface area contributed by atoms with Gasteiger partial charge in [-0.25, -0.2) is 0 Å². The lowest BCUT2D eigenvalue weighted by atomic mass is 9.70. The van der Waals surface area contributed by atoms with Crippen molar-refractivity contribution < 1.29 is 0 Å². The predicted octanol–water partition coefficient (Wildman–Crippen LogP) is 12.6. The Hall–Kier alpha value is -6.64. The molecule has 0 fully saturated rings. The first-order valence-electron chi connectivity index (χ1n) is 17.7. The van der Waals surface area contributed by atoms with Crippen molar-refractivity contribution in [2.45, 2.75) is 5.41 Å². The van der Waals surface area contributed by atoms with Crippen molar-refractivity contribution in [3.63, 3.8) is 0 Å². The minimum absolute atomic E-state index is 0.402. The zero-order valence-electron chi connectivity index (χ0n) is 27.9. The third-order valence-electron chi connectivity index (χ3n) is 11.2. The third-order valence-corrected chi connectivity index (χ3v) is 11.2. The van der Waals surface area contributed by atoms with E-state index < -0.39 is 5.41 Å². The fourth-order valence-corrected chi connectivity index (χ4v) is 9.20. The lowest BCUT2D eigenvalue weighted by Crippen LogP contribution is -2.26. The maximum atomic E-state index is 2.47. The van der Waals surface area contributed by atoms with Gasteiger partial charge in [-0.1, -0.05) is 140 Å². The van der Waals surface area contributed by atoms with E-state index in [1.54, 1.807) is 0 Å². The largest absolute Gasteiger partial charge is 0.310 e. The van der Waals surface area contributed by atoms with Crippen molar-refractivity contribution in [2.75, 3.05) is 4.90 Å². The van der Waals surface area contributed by atoms with Crippen molar-refractivity contribution >= 4 is 38.9 Å². The van der Waals surface area contributed by atoms with Gasteiger partial charge in [-0.2, -0.15) is 0 Å². The van der Waals surface area contributed by atoms with Crippen molar-refractivity contribution in [3.05, 3.63) is 216 Å². The minimum atomic E-state index is -0.402. The van der Waals surface area contributed by atoms with Gasteiger partial charge in [-0.3, -0.25) is 0 Å². The quantitative estimate of drug-likeness (QED) is 0.184. The van der Waals surface area contributed by atoms with E-state index >= 15 is 0 Å². The van der Waals surface area contributed by atoms with Crippen LogP contribution in [0.15, 0.2) is 194 Å². The molecule has 0 saturated heterocycles. The number of nitrogens with zero attached hydrogens (tertiary/aromatic N) is 2. The molecular formula is C49H32N2. The summed E-state index contributed by atoms with van der Waals surface area (Å²) in [7, 11) is 0. The molecule has 0 saturated carbocycles. The lowest BCUT2D eigenvalue weighted by Gasteiger charge is -2.32. The maximum Gasteiger partial charge on any atom is 0.0726 e. The molecule has 0 amide bonds. The van der Waals surface area contributed by atoms with Crippen molar-refractivity contribution in [1.82, 2.24) is 4.57 Å². The van der Waals surface area contributed by atoms with Gasteiger partial charge in [0.25, 0.3) is 0 Å². The number of hydrogen-bond acceptors (Lipinski definition) is 1. The van der Waals surface area contributed by atoms with Gasteiger partial charge < -0.3 is 9.47 Å². The molecule has 1 heterocycles. The van der Waals surface area contributed by atoms with E-state index in [9.17, 15) is 0 Å². The molecule has 0 bridgehead atoms. The molecule has 1 aromatic heterocycles. The third kappa shape index (κ3) is 3.82. The Morgan fingerprint density at radius 1 is 0.333 bits per heavy atom. The van der Waals surface area contributed by atoms with E-state index in [0.29, 0.717) is 0 Å². The first-order valence-corrected chi connectivity index (χ1v) is 17.7. The molecule has 0 N–H and O–H groups in total. The second-order valence-corrected chi connectivity index (χ2v) is 13.7. The fraction of sp³-hybridized carbons (Fsp3) is 0.0204. The molecule has 2 aliphatic carbocycles. The molecule has 2 aliphatic rings. The topological polar surface area (TPSA) is 8.17 Å². The van der Waals surface area contributed by atoms with Crippen LogP contribution in [0.4, 0.5) is 17.1 Å². The van der Waals surface area contributed by atoms with Gasteiger partial charge in [0.05, 0.1) is 16.4 Å². The highest BCUT2D eigenvalue weighted by Gasteiger charge is 2.51. The van der Waals surface area contributed by atoms with Gasteiger partial charge in [-0.05, 0) is 99.1 Å². The van der Waals surface area contributed by atoms with Crippen molar-refractivity contribution in [1.29, 1.82) is 0 Å². The first-order chi connectivity index (χ1) is 25.3. The van der Waals surface area contributed by atoms with E-state index in [2.05, 4.69) is 204 Å². The molecule has 0 atom stereocenters. The van der Waals surface area contributed by atoms with Crippen LogP contribution in [0.1, 0.15) is 22.3 Å². The zero-order valence-corrected chi connectivity index (χ0v) is 27.9. The molecule has 1 spiro atoms. The average Bonchev–Trinajstić information content (AvgIpc) is 3.80. The first kappa shape index (κ1) is 28.2. The van der Waals surface area contributed by atoms with E-state index in [0.717, 1.165) is 22.7 Å². The Morgan fingerprint density at radius 2 is 0.824 bits per heavy atom. The zero-order chi connectivity index (χ0) is 33.5. The summed E-state index contributed by atoms with van der Waals surface area (Å²) in [5.74, 6) is 0. The molecule has 238 valence electrons. The molecule has 9 aromatic rings. The monoisotopic (exact) mass is 648 g/mol. The molecule has 0 aliphatic heterocycles. The minimum Gasteiger partial charge on any atom is -0.310 e. The Morgan fingerprint density at radius 3 is 1.49 bits per heavy atom. The normalized spacial score (nSPS) is 13.3. The predicted molar refractivity (Wildman–Crippen MR) is 212 cm³/mol. The van der Waals surface area contributed by atoms with Crippen LogP contribution in [0.2, 0.25) is 0 Å². The number of fused-ring (bicyclic) bond motifs is 13. The smallest absolute Gasteiger partial charge is 0.0726 e. The summed E-state index contributed by atoms with van der Waals surface area (Å²) >= 11 is 0. The number of hydrogen-bond donors (Lipinski definition) is 0. The highest BCUT2D eigenvalue weighted by molar-refractivity contribution is 6.10. The number of aromatic nitrogens is 1. The van der Waals surface area contributed by atoms with Crippen LogP contribution in [0.3, 0.4) is 0 Å². The van der Waals surface area contributed by atoms with Crippen LogP contribution in [0.5, 0.6) is 0 Å². The van der Waals surface area contributed by atoms with E-state index in [-0.39, 0.29) is 0 Å². The highest BCUT2D eigenvalue weighted by Crippen LogP contribution is 2.63. The van der Waals surface area contributed by atoms with Gasteiger partial charge in [0.15, 0.2) is 0 Å². The summed E-state index contributed by atoms with van der Waals surface area (Å²) < 4.78 is 2.40. The van der Waals surface area contributed by atoms with E-state index in [1.165, 1.54) is 66.3 Å². The van der Waals surface area contributed by atoms with Gasteiger partial charge in [0, 0.05) is 33.5 Å². The molecule has 8 aromatic carbocycles. The number of anilines is 3. The van der Waals surface area contributed by atoms with Gasteiger partial charge >= 0.3 is 0 Å². The molecule has 51 heavy (non-hydrogen) atoms. The Balaban J connectivity index is 1.19. The number of para-hydroxylation sites is 3. The lowest BCUT2D eigenvalue weighted by molar-refractivity contribution is 0.793. The molecule has 0 radical (unpaired) electrons. The van der Waals surface area contributed by atoms with Crippen LogP contribution in [0.25, 0.3) is 49.7 Å². The summed E-state index contributed by atoms with van der Waals surface area (Å²) in [6.07, 6.45) is 0. The highest BCUT2D eigenvalue weighted by atomic mass is 15.1. The molecule has 11 rings (SSSR count). The average molecular weight is 649 g/mol. The van der Waals surface area contributed by atoms with Crippen LogP contribution >= 0.6 is 0 Å². The molecule has 0 unspecified atom stereocenters. The molecule has 2 nitrogen and oxygen atoms in total. The van der Waals surface area contributed by atoms with Gasteiger partial charge in [0.1, 0.15) is 0 Å². The van der Waals surface area contributed by atoms with Crippen LogP contribution in [0, 0.1) is 0 Å². The summed E-state index contributed by atoms with van der Waals surface area (Å²) in [4.78, 5) is 2.43. The van der Waals surface area contributed by atoms with Crippen LogP contribution in [-0.2, 0) is 5.41 Å². The van der Waals surface area contributed by atoms with Crippen LogP contribution < -0.4 is 4.90 Å². The van der Waals surface area contributed by atoms with Gasteiger partial charge in [0.2, 0.25) is 0 Å². The summed E-state index contributed by atoms with van der Waals surface area (Å²) in [5, 5.41) is 2.50. The van der Waals surface area contributed by atoms with E-state index in [1.807, 2.05) is 0 Å². The summed E-state index contributed by atoms with van der Waals surface area (Å²) in [6, 6.07) is 71.4. The Labute approximate surface area is 297 Å². The Bertz CT molecular complexity index is 2750. The second-order valence-electron chi connectivity index (χ2n) is 13.7. The second kappa shape index (κ2) is 10.7. The van der Waals surface area contributed by atoms with Crippen molar-refractivity contribution in [3.8, 4) is 27.9 Å². The Kier molecular flexibility index (Phi) is 5.91. The number of rotatable bonds is 4. The number of benzene rings is 8. The van der Waals surface area contributed by atoms with Crippen LogP contribution in [-0.4, -0.2) is 4.57 Å². The van der Waals surface area contributed by atoms with Gasteiger partial charge in [-0.15, -0.1) is 0 Å². The maximum absolute atomic E-state index is 2.47. The summed E-state index contributed by atoms with van der Waals surface area (Å²) in [5.41, 5.74) is 17.2. The molecular weight excluding hydrogens is 617 g/mol. The fourth-order valence-electron chi connectivity index (χ4n) is 9.20. The summed E-state index contributed by atoms with van der Waals surface area (Å²) in [6.45, 7) is 0. The SMILES string of the molecule is c1ccc(N(c2ccc3c(c2)C2(c4ccccc4-c4ccccc42)c2ccccc2-3)c2ccc3c4ccccc4n(-c4ccccc4)c3c2)cc1. The van der Waals surface area contributed by atoms with Crippen molar-refractivity contribution in [2.24, 2.45) is 0 Å². The molecule has 2 heteroatoms. The standard InChI is InChI=1S/C49H32N2/c1-3-15-33(16-4-1)50(36-28-30-42-41-22-10-14-26-47(41)51(48(42)32-36)34-17-5-2-6-18-34)35-27-29-40-39-21-9-13-25-45(39)49(46(40)31-35)43-23-11-7-19-37(43)38-20-8-12-24-44(38)49/h1-32H. The van der Waals surface area contributed by atoms with E-state index in [4.69, 9.17) is 0 Å².